The van der Waals surface area contributed by atoms with Crippen LogP contribution >= 0.6 is 0 Å². The van der Waals surface area contributed by atoms with Gasteiger partial charge in [0.1, 0.15) is 0 Å². The van der Waals surface area contributed by atoms with Crippen molar-refractivity contribution in [2.45, 2.75) is 109 Å². The minimum atomic E-state index is 0.293. The van der Waals surface area contributed by atoms with Crippen LogP contribution in [-0.2, 0) is 10.8 Å². The molecule has 4 bridgehead atoms. The number of hydrogen-bond donors (Lipinski definition) is 0. The monoisotopic (exact) mass is 773 g/mol. The fourth-order valence-corrected chi connectivity index (χ4v) is 13.5. The van der Waals surface area contributed by atoms with E-state index in [1.807, 2.05) is 18.2 Å². The van der Waals surface area contributed by atoms with Gasteiger partial charge in [-0.1, -0.05) is 137 Å². The molecule has 0 radical (unpaired) electrons. The van der Waals surface area contributed by atoms with E-state index in [2.05, 4.69) is 131 Å². The molecule has 0 N–H and O–H groups in total. The average molecular weight is 774 g/mol. The summed E-state index contributed by atoms with van der Waals surface area (Å²) in [4.78, 5) is 10.7. The average Bonchev–Trinajstić information content (AvgIpc) is 3.25. The summed E-state index contributed by atoms with van der Waals surface area (Å²) in [6.07, 6.45) is 14.8. The number of nitriles is 1. The Morgan fingerprint density at radius 1 is 0.542 bits per heavy atom. The second-order valence-corrected chi connectivity index (χ2v) is 20.1. The summed E-state index contributed by atoms with van der Waals surface area (Å²) in [5.74, 6) is 5.69. The molecule has 59 heavy (non-hydrogen) atoms. The lowest BCUT2D eigenvalue weighted by molar-refractivity contribution is 0.0702. The van der Waals surface area contributed by atoms with Crippen LogP contribution in [0.2, 0.25) is 0 Å². The number of benzene rings is 5. The van der Waals surface area contributed by atoms with Gasteiger partial charge >= 0.3 is 0 Å². The summed E-state index contributed by atoms with van der Waals surface area (Å²) < 4.78 is 0. The first kappa shape index (κ1) is 38.2. The minimum absolute atomic E-state index is 0.293. The highest BCUT2D eigenvalue weighted by Crippen LogP contribution is 2.56. The molecular weight excluding hydrogens is 715 g/mol. The smallest absolute Gasteiger partial charge is 0.160 e. The van der Waals surface area contributed by atoms with Gasteiger partial charge in [0.25, 0.3) is 0 Å². The van der Waals surface area contributed by atoms with Crippen molar-refractivity contribution in [1.82, 2.24) is 9.97 Å². The number of hydrogen-bond acceptors (Lipinski definition) is 3. The Morgan fingerprint density at radius 2 is 1.03 bits per heavy atom. The zero-order valence-electron chi connectivity index (χ0n) is 35.6. The van der Waals surface area contributed by atoms with Crippen LogP contribution in [0, 0.1) is 46.8 Å². The van der Waals surface area contributed by atoms with Crippen molar-refractivity contribution < 1.29 is 0 Å². The van der Waals surface area contributed by atoms with Gasteiger partial charge in [0.05, 0.1) is 23.0 Å². The van der Waals surface area contributed by atoms with Crippen LogP contribution in [0.3, 0.4) is 0 Å². The third kappa shape index (κ3) is 7.11. The van der Waals surface area contributed by atoms with Gasteiger partial charge in [-0.2, -0.15) is 5.26 Å². The zero-order valence-corrected chi connectivity index (χ0v) is 35.6. The molecule has 8 atom stereocenters. The normalized spacial score (nSPS) is 28.9. The van der Waals surface area contributed by atoms with E-state index in [1.165, 1.54) is 81.8 Å². The third-order valence-corrected chi connectivity index (χ3v) is 15.5. The van der Waals surface area contributed by atoms with Gasteiger partial charge in [-0.25, -0.2) is 9.97 Å². The lowest BCUT2D eigenvalue weighted by Crippen LogP contribution is -2.42. The maximum atomic E-state index is 9.77. The van der Waals surface area contributed by atoms with Gasteiger partial charge in [-0.05, 0) is 150 Å². The Labute approximate surface area is 352 Å². The van der Waals surface area contributed by atoms with Crippen molar-refractivity contribution in [1.29, 1.82) is 5.26 Å². The van der Waals surface area contributed by atoms with Crippen molar-refractivity contribution in [3.63, 3.8) is 0 Å². The highest BCUT2D eigenvalue weighted by atomic mass is 14.9. The molecule has 0 amide bonds. The molecule has 298 valence electrons. The summed E-state index contributed by atoms with van der Waals surface area (Å²) >= 11 is 0. The maximum absolute atomic E-state index is 9.77. The molecule has 4 saturated carbocycles. The number of rotatable bonds is 7. The van der Waals surface area contributed by atoms with Crippen LogP contribution in [-0.4, -0.2) is 9.97 Å². The summed E-state index contributed by atoms with van der Waals surface area (Å²) in [5, 5.41) is 11.8. The Balaban J connectivity index is 1.03. The molecule has 3 nitrogen and oxygen atoms in total. The van der Waals surface area contributed by atoms with E-state index in [1.54, 1.807) is 0 Å². The van der Waals surface area contributed by atoms with Crippen molar-refractivity contribution >= 4 is 10.8 Å². The van der Waals surface area contributed by atoms with Crippen molar-refractivity contribution in [3.05, 3.63) is 132 Å². The van der Waals surface area contributed by atoms with Gasteiger partial charge in [-0.3, -0.25) is 0 Å². The lowest BCUT2D eigenvalue weighted by atomic mass is 9.54. The van der Waals surface area contributed by atoms with Crippen molar-refractivity contribution in [3.8, 4) is 51.1 Å². The predicted molar refractivity (Wildman–Crippen MR) is 244 cm³/mol. The fraction of sp³-hybridized carbons (Fsp3) is 0.411. The van der Waals surface area contributed by atoms with E-state index in [0.29, 0.717) is 16.4 Å². The minimum Gasteiger partial charge on any atom is -0.228 e. The van der Waals surface area contributed by atoms with E-state index in [-0.39, 0.29) is 0 Å². The number of nitrogens with zero attached hydrogens (tertiary/aromatic N) is 3. The predicted octanol–water partition coefficient (Wildman–Crippen LogP) is 14.8. The summed E-state index contributed by atoms with van der Waals surface area (Å²) in [5.41, 5.74) is 11.8. The molecule has 6 aromatic rings. The van der Waals surface area contributed by atoms with Gasteiger partial charge in [0.2, 0.25) is 0 Å². The van der Waals surface area contributed by atoms with E-state index >= 15 is 0 Å². The fourth-order valence-electron chi connectivity index (χ4n) is 13.5. The molecule has 10 rings (SSSR count). The van der Waals surface area contributed by atoms with Crippen LogP contribution < -0.4 is 0 Å². The Morgan fingerprint density at radius 3 is 1.59 bits per heavy atom. The van der Waals surface area contributed by atoms with E-state index in [4.69, 9.17) is 9.97 Å². The first-order valence-electron chi connectivity index (χ1n) is 22.8. The molecule has 5 aromatic carbocycles. The van der Waals surface area contributed by atoms with Crippen LogP contribution in [0.25, 0.3) is 55.8 Å². The number of fused-ring (bicyclic) bond motifs is 5. The van der Waals surface area contributed by atoms with Gasteiger partial charge < -0.3 is 0 Å². The van der Waals surface area contributed by atoms with Crippen molar-refractivity contribution in [2.75, 3.05) is 0 Å². The van der Waals surface area contributed by atoms with E-state index in [0.717, 1.165) is 91.3 Å². The number of aromatic nitrogens is 2. The molecule has 1 aromatic heterocycles. The second-order valence-electron chi connectivity index (χ2n) is 20.1. The van der Waals surface area contributed by atoms with Crippen LogP contribution in [0.4, 0.5) is 0 Å². The summed E-state index contributed by atoms with van der Waals surface area (Å²) in [7, 11) is 0. The molecular formula is C56H59N3. The first-order valence-corrected chi connectivity index (χ1v) is 22.8. The summed E-state index contributed by atoms with van der Waals surface area (Å²) in [6.45, 7) is 9.83. The Bertz CT molecular complexity index is 2500. The highest BCUT2D eigenvalue weighted by molar-refractivity contribution is 5.99. The molecule has 0 spiro atoms. The van der Waals surface area contributed by atoms with Crippen LogP contribution in [0.5, 0.6) is 0 Å². The molecule has 0 aliphatic heterocycles. The van der Waals surface area contributed by atoms with Crippen LogP contribution in [0.15, 0.2) is 115 Å². The molecule has 0 saturated heterocycles. The molecule has 3 heteroatoms. The topological polar surface area (TPSA) is 49.6 Å². The van der Waals surface area contributed by atoms with Crippen molar-refractivity contribution in [2.24, 2.45) is 35.5 Å². The van der Waals surface area contributed by atoms with E-state index in [9.17, 15) is 5.26 Å². The zero-order chi connectivity index (χ0) is 40.3. The molecule has 4 fully saturated rings. The van der Waals surface area contributed by atoms with Gasteiger partial charge in [0, 0.05) is 22.1 Å². The standard InChI is InChI=1S/C56H59N3/c1-5-39-27-41-26-38(4)31-56(32-39,34-41)48-19-14-44(15-20-48)53-28-52(43-12-10-42(11-13-43)50-23-18-46(35-57)49-8-6-7-9-51(49)50)58-54(59-53)45-16-21-47(22-17-45)55-29-36(2)24-40(33-55)25-37(3)30-55/h6-23,28,36-41H,5,24-27,29-34H2,1-4H3/t36-,37+,38-,39+,40?,41-,55?,56?/m1/s1. The molecule has 4 aliphatic carbocycles. The summed E-state index contributed by atoms with van der Waals surface area (Å²) in [6, 6.07) is 44.6. The molecule has 3 unspecified atom stereocenters. The molecule has 1 heterocycles. The van der Waals surface area contributed by atoms with Gasteiger partial charge in [0.15, 0.2) is 5.82 Å². The third-order valence-electron chi connectivity index (χ3n) is 15.5. The lowest BCUT2D eigenvalue weighted by Gasteiger charge is -2.51. The second kappa shape index (κ2) is 15.2. The maximum Gasteiger partial charge on any atom is 0.160 e. The van der Waals surface area contributed by atoms with Gasteiger partial charge in [-0.15, -0.1) is 0 Å². The van der Waals surface area contributed by atoms with E-state index < -0.39 is 0 Å². The first-order chi connectivity index (χ1) is 28.7. The Kier molecular flexibility index (Phi) is 9.82. The largest absolute Gasteiger partial charge is 0.228 e. The Hall–Kier alpha value is -5.07. The SMILES string of the molecule is CC[C@H]1C[C@H]2C[C@@H](C)CC(c3ccc(-c4cc(-c5ccc(-c6ccc(C#N)c7ccccc67)cc5)nc(-c5ccc(C67CC(C[C@@H](C)C6)C[C@H](C)C7)cc5)n4)cc3)(C2)C1. The highest BCUT2D eigenvalue weighted by Gasteiger charge is 2.46. The molecule has 4 aliphatic rings. The van der Waals surface area contributed by atoms with Crippen LogP contribution in [0.1, 0.15) is 115 Å². The quantitative estimate of drug-likeness (QED) is 0.162.